The number of amides is 1. The van der Waals surface area contributed by atoms with Crippen LogP contribution in [0.4, 0.5) is 5.82 Å². The summed E-state index contributed by atoms with van der Waals surface area (Å²) < 4.78 is 12.1. The van der Waals surface area contributed by atoms with Crippen LogP contribution in [0.15, 0.2) is 41.7 Å². The Bertz CT molecular complexity index is 1270. The number of benzene rings is 1. The number of hydrogen-bond donors (Lipinski definition) is 3. The molecule has 0 saturated heterocycles. The van der Waals surface area contributed by atoms with Gasteiger partial charge in [-0.25, -0.2) is 14.6 Å². The zero-order chi connectivity index (χ0) is 23.9. The number of carbonyl (C=O) groups is 1. The zero-order valence-corrected chi connectivity index (χ0v) is 20.0. The summed E-state index contributed by atoms with van der Waals surface area (Å²) in [6, 6.07) is 9.22. The number of nitrogens with one attached hydrogen (secondary N) is 3. The highest BCUT2D eigenvalue weighted by Gasteiger charge is 2.14. The van der Waals surface area contributed by atoms with Gasteiger partial charge < -0.3 is 20.1 Å². The molecule has 0 saturated carbocycles. The lowest BCUT2D eigenvalue weighted by Crippen LogP contribution is -2.27. The number of ether oxygens (including phenoxy) is 2. The fraction of sp³-hybridized carbons (Fsp3) is 0.318. The first-order chi connectivity index (χ1) is 16.6. The van der Waals surface area contributed by atoms with E-state index in [2.05, 4.69) is 35.9 Å². The summed E-state index contributed by atoms with van der Waals surface area (Å²) in [5.41, 5.74) is 2.60. The summed E-state index contributed by atoms with van der Waals surface area (Å²) in [5.74, 6) is 1.19. The largest absolute Gasteiger partial charge is 0.497 e. The number of thioether (sulfide) groups is 1. The molecule has 178 valence electrons. The van der Waals surface area contributed by atoms with E-state index in [-0.39, 0.29) is 5.91 Å². The highest BCUT2D eigenvalue weighted by molar-refractivity contribution is 7.98. The summed E-state index contributed by atoms with van der Waals surface area (Å²) in [6.45, 7) is 2.01. The number of methoxy groups -OCH3 is 2. The molecule has 1 amide bonds. The molecular formula is C22H26N8O3S. The molecule has 0 aliphatic carbocycles. The van der Waals surface area contributed by atoms with E-state index in [1.807, 2.05) is 30.5 Å². The minimum atomic E-state index is -0.251. The van der Waals surface area contributed by atoms with Gasteiger partial charge in [0, 0.05) is 25.8 Å². The van der Waals surface area contributed by atoms with Crippen LogP contribution in [0.5, 0.6) is 5.75 Å². The SMILES string of the molecule is COCCNc1nc(SC)nc2c1cnn2CCNC(=O)c1cc(-c2cccc(OC)c2)n[nH]1. The standard InChI is InChI=1S/C22H26N8O3S/c1-32-10-8-23-19-16-13-25-30(20(16)27-22(26-19)34-3)9-7-24-21(31)18-12-17(28-29-18)14-5-4-6-15(11-14)33-2/h4-6,11-13H,7-10H2,1-3H3,(H,24,31)(H,28,29)(H,23,26,27). The van der Waals surface area contributed by atoms with Gasteiger partial charge in [0.2, 0.25) is 0 Å². The maximum Gasteiger partial charge on any atom is 0.269 e. The molecule has 3 N–H and O–H groups in total. The highest BCUT2D eigenvalue weighted by Crippen LogP contribution is 2.24. The van der Waals surface area contributed by atoms with E-state index in [0.717, 1.165) is 16.7 Å². The Labute approximate surface area is 200 Å². The van der Waals surface area contributed by atoms with Crippen LogP contribution in [-0.4, -0.2) is 76.0 Å². The minimum Gasteiger partial charge on any atom is -0.497 e. The highest BCUT2D eigenvalue weighted by atomic mass is 32.2. The number of carbonyl (C=O) groups excluding carboxylic acids is 1. The van der Waals surface area contributed by atoms with Crippen molar-refractivity contribution in [3.63, 3.8) is 0 Å². The van der Waals surface area contributed by atoms with Crippen LogP contribution < -0.4 is 15.4 Å². The van der Waals surface area contributed by atoms with Gasteiger partial charge in [0.05, 0.1) is 37.5 Å². The number of H-pyrrole nitrogens is 1. The van der Waals surface area contributed by atoms with Crippen molar-refractivity contribution >= 4 is 34.5 Å². The Kier molecular flexibility index (Phi) is 7.60. The summed E-state index contributed by atoms with van der Waals surface area (Å²) in [5, 5.41) is 19.1. The molecule has 0 fully saturated rings. The average Bonchev–Trinajstić information content (AvgIpc) is 3.52. The number of anilines is 1. The molecule has 0 atom stereocenters. The Morgan fingerprint density at radius 2 is 2.09 bits per heavy atom. The third-order valence-corrected chi connectivity index (χ3v) is 5.60. The molecular weight excluding hydrogens is 456 g/mol. The van der Waals surface area contributed by atoms with Crippen molar-refractivity contribution < 1.29 is 14.3 Å². The maximum atomic E-state index is 12.6. The Morgan fingerprint density at radius 3 is 2.88 bits per heavy atom. The van der Waals surface area contributed by atoms with E-state index in [0.29, 0.717) is 54.3 Å². The van der Waals surface area contributed by atoms with Crippen molar-refractivity contribution in [2.75, 3.05) is 45.5 Å². The van der Waals surface area contributed by atoms with Crippen LogP contribution in [0.3, 0.4) is 0 Å². The van der Waals surface area contributed by atoms with Gasteiger partial charge in [0.15, 0.2) is 10.8 Å². The van der Waals surface area contributed by atoms with Gasteiger partial charge in [-0.1, -0.05) is 23.9 Å². The fourth-order valence-electron chi connectivity index (χ4n) is 3.34. The molecule has 0 aliphatic heterocycles. The molecule has 0 unspecified atom stereocenters. The second-order valence-corrected chi connectivity index (χ2v) is 8.01. The quantitative estimate of drug-likeness (QED) is 0.167. The lowest BCUT2D eigenvalue weighted by atomic mass is 10.1. The average molecular weight is 483 g/mol. The van der Waals surface area contributed by atoms with Gasteiger partial charge in [0.1, 0.15) is 17.3 Å². The van der Waals surface area contributed by atoms with Crippen molar-refractivity contribution in [1.29, 1.82) is 0 Å². The lowest BCUT2D eigenvalue weighted by molar-refractivity contribution is 0.0947. The van der Waals surface area contributed by atoms with Crippen LogP contribution in [0.25, 0.3) is 22.3 Å². The summed E-state index contributed by atoms with van der Waals surface area (Å²) in [4.78, 5) is 21.7. The lowest BCUT2D eigenvalue weighted by Gasteiger charge is -2.09. The van der Waals surface area contributed by atoms with Crippen molar-refractivity contribution in [2.45, 2.75) is 11.7 Å². The third kappa shape index (κ3) is 5.29. The first-order valence-corrected chi connectivity index (χ1v) is 11.8. The summed E-state index contributed by atoms with van der Waals surface area (Å²) in [6.07, 6.45) is 3.65. The van der Waals surface area contributed by atoms with Crippen LogP contribution >= 0.6 is 11.8 Å². The number of hydrogen-bond acceptors (Lipinski definition) is 9. The molecule has 34 heavy (non-hydrogen) atoms. The number of nitrogens with zero attached hydrogens (tertiary/aromatic N) is 5. The first-order valence-electron chi connectivity index (χ1n) is 10.6. The van der Waals surface area contributed by atoms with E-state index in [1.54, 1.807) is 31.2 Å². The molecule has 0 spiro atoms. The second kappa shape index (κ2) is 11.0. The molecule has 4 aromatic rings. The molecule has 0 aliphatic rings. The van der Waals surface area contributed by atoms with E-state index in [9.17, 15) is 4.79 Å². The molecule has 0 bridgehead atoms. The van der Waals surface area contributed by atoms with Crippen LogP contribution in [0.2, 0.25) is 0 Å². The van der Waals surface area contributed by atoms with Crippen LogP contribution in [0.1, 0.15) is 10.5 Å². The smallest absolute Gasteiger partial charge is 0.269 e. The molecule has 1 aromatic carbocycles. The second-order valence-electron chi connectivity index (χ2n) is 7.24. The van der Waals surface area contributed by atoms with Gasteiger partial charge in [-0.2, -0.15) is 10.2 Å². The zero-order valence-electron chi connectivity index (χ0n) is 19.2. The fourth-order valence-corrected chi connectivity index (χ4v) is 3.70. The number of rotatable bonds is 11. The summed E-state index contributed by atoms with van der Waals surface area (Å²) >= 11 is 1.45. The minimum absolute atomic E-state index is 0.251. The molecule has 4 rings (SSSR count). The third-order valence-electron chi connectivity index (χ3n) is 5.05. The first kappa shape index (κ1) is 23.5. The summed E-state index contributed by atoms with van der Waals surface area (Å²) in [7, 11) is 3.26. The van der Waals surface area contributed by atoms with Gasteiger partial charge in [-0.3, -0.25) is 9.89 Å². The van der Waals surface area contributed by atoms with Gasteiger partial charge in [-0.05, 0) is 24.5 Å². The van der Waals surface area contributed by atoms with Crippen molar-refractivity contribution in [3.05, 3.63) is 42.2 Å². The topological polar surface area (TPSA) is 132 Å². The number of fused-ring (bicyclic) bond motifs is 1. The monoisotopic (exact) mass is 482 g/mol. The van der Waals surface area contributed by atoms with Crippen LogP contribution in [0, 0.1) is 0 Å². The van der Waals surface area contributed by atoms with Crippen molar-refractivity contribution in [3.8, 4) is 17.0 Å². The van der Waals surface area contributed by atoms with E-state index in [1.165, 1.54) is 11.8 Å². The number of aromatic amines is 1. The maximum absolute atomic E-state index is 12.6. The van der Waals surface area contributed by atoms with E-state index < -0.39 is 0 Å². The van der Waals surface area contributed by atoms with Crippen molar-refractivity contribution in [2.24, 2.45) is 0 Å². The predicted molar refractivity (Wildman–Crippen MR) is 130 cm³/mol. The van der Waals surface area contributed by atoms with Gasteiger partial charge >= 0.3 is 0 Å². The van der Waals surface area contributed by atoms with E-state index >= 15 is 0 Å². The Morgan fingerprint density at radius 1 is 1.21 bits per heavy atom. The molecule has 0 radical (unpaired) electrons. The molecule has 12 heteroatoms. The van der Waals surface area contributed by atoms with E-state index in [4.69, 9.17) is 9.47 Å². The van der Waals surface area contributed by atoms with Crippen molar-refractivity contribution in [1.82, 2.24) is 35.3 Å². The van der Waals surface area contributed by atoms with Gasteiger partial charge in [-0.15, -0.1) is 0 Å². The van der Waals surface area contributed by atoms with Crippen LogP contribution in [-0.2, 0) is 11.3 Å². The molecule has 3 aromatic heterocycles. The molecule has 11 nitrogen and oxygen atoms in total. The number of aromatic nitrogens is 6. The van der Waals surface area contributed by atoms with Gasteiger partial charge in [0.25, 0.3) is 5.91 Å². The Balaban J connectivity index is 1.41. The normalized spacial score (nSPS) is 11.0. The Hall–Kier alpha value is -3.64. The molecule has 3 heterocycles. The predicted octanol–water partition coefficient (Wildman–Crippen LogP) is 2.44.